The van der Waals surface area contributed by atoms with Gasteiger partial charge in [-0.05, 0) is 37.3 Å². The molecule has 0 aromatic heterocycles. The van der Waals surface area contributed by atoms with Gasteiger partial charge in [-0.2, -0.15) is 0 Å². The molecular formula is C14H10Cl2O2. The summed E-state index contributed by atoms with van der Waals surface area (Å²) in [6.45, 7) is 1.95. The van der Waals surface area contributed by atoms with Crippen LogP contribution in [0.4, 0.5) is 0 Å². The Morgan fingerprint density at radius 2 is 1.56 bits per heavy atom. The Bertz CT molecular complexity index is 557. The van der Waals surface area contributed by atoms with Gasteiger partial charge in [-0.15, -0.1) is 0 Å². The van der Waals surface area contributed by atoms with Gasteiger partial charge in [-0.1, -0.05) is 40.9 Å². The number of hydrogen-bond acceptors (Lipinski definition) is 2. The molecule has 0 unspecified atom stereocenters. The standard InChI is InChI=1S/C14H10Cl2O2/c1-9-2-4-10(5-3-9)14(17)18-13-7-11(15)6-12(16)8-13/h2-8H,1H3. The van der Waals surface area contributed by atoms with Crippen LogP contribution < -0.4 is 4.74 Å². The molecule has 0 heterocycles. The van der Waals surface area contributed by atoms with Gasteiger partial charge in [-0.3, -0.25) is 0 Å². The Labute approximate surface area is 115 Å². The number of aryl methyl sites for hydroxylation is 1. The molecule has 0 saturated carbocycles. The summed E-state index contributed by atoms with van der Waals surface area (Å²) < 4.78 is 5.19. The SMILES string of the molecule is Cc1ccc(C(=O)Oc2cc(Cl)cc(Cl)c2)cc1. The zero-order valence-corrected chi connectivity index (χ0v) is 11.1. The van der Waals surface area contributed by atoms with Crippen LogP contribution in [-0.2, 0) is 0 Å². The van der Waals surface area contributed by atoms with Gasteiger partial charge >= 0.3 is 5.97 Å². The third-order valence-electron chi connectivity index (χ3n) is 2.33. The van der Waals surface area contributed by atoms with Crippen molar-refractivity contribution in [2.75, 3.05) is 0 Å². The van der Waals surface area contributed by atoms with Gasteiger partial charge in [0.05, 0.1) is 5.56 Å². The van der Waals surface area contributed by atoms with Gasteiger partial charge in [0.15, 0.2) is 0 Å². The molecule has 2 nitrogen and oxygen atoms in total. The van der Waals surface area contributed by atoms with Crippen LogP contribution in [0.2, 0.25) is 10.0 Å². The fraction of sp³-hybridized carbons (Fsp3) is 0.0714. The number of rotatable bonds is 2. The van der Waals surface area contributed by atoms with Crippen molar-refractivity contribution in [3.05, 3.63) is 63.6 Å². The lowest BCUT2D eigenvalue weighted by molar-refractivity contribution is 0.0735. The highest BCUT2D eigenvalue weighted by Crippen LogP contribution is 2.24. The molecule has 0 radical (unpaired) electrons. The van der Waals surface area contributed by atoms with E-state index in [0.717, 1.165) is 5.56 Å². The molecule has 0 saturated heterocycles. The molecule has 0 atom stereocenters. The van der Waals surface area contributed by atoms with Gasteiger partial charge in [0, 0.05) is 10.0 Å². The van der Waals surface area contributed by atoms with Crippen LogP contribution in [0.3, 0.4) is 0 Å². The highest BCUT2D eigenvalue weighted by Gasteiger charge is 2.09. The molecule has 0 spiro atoms. The third kappa shape index (κ3) is 3.25. The summed E-state index contributed by atoms with van der Waals surface area (Å²) in [5, 5.41) is 0.850. The first-order valence-corrected chi connectivity index (χ1v) is 6.05. The summed E-state index contributed by atoms with van der Waals surface area (Å²) in [5.74, 6) is -0.105. The average molecular weight is 281 g/mol. The zero-order chi connectivity index (χ0) is 13.1. The van der Waals surface area contributed by atoms with Crippen LogP contribution in [0.1, 0.15) is 15.9 Å². The molecule has 2 aromatic carbocycles. The summed E-state index contributed by atoms with van der Waals surface area (Å²) in [4.78, 5) is 11.8. The van der Waals surface area contributed by atoms with Crippen molar-refractivity contribution in [1.29, 1.82) is 0 Å². The molecule has 2 rings (SSSR count). The number of esters is 1. The predicted molar refractivity (Wildman–Crippen MR) is 72.6 cm³/mol. The van der Waals surface area contributed by atoms with Crippen molar-refractivity contribution in [2.24, 2.45) is 0 Å². The predicted octanol–water partition coefficient (Wildman–Crippen LogP) is 4.52. The van der Waals surface area contributed by atoms with E-state index >= 15 is 0 Å². The number of hydrogen-bond donors (Lipinski definition) is 0. The summed E-state index contributed by atoms with van der Waals surface area (Å²) in [6.07, 6.45) is 0. The molecule has 0 aliphatic rings. The second-order valence-corrected chi connectivity index (χ2v) is 4.73. The van der Waals surface area contributed by atoms with Crippen molar-refractivity contribution in [3.8, 4) is 5.75 Å². The molecule has 0 fully saturated rings. The minimum Gasteiger partial charge on any atom is -0.423 e. The van der Waals surface area contributed by atoms with Crippen LogP contribution >= 0.6 is 23.2 Å². The second-order valence-electron chi connectivity index (χ2n) is 3.86. The van der Waals surface area contributed by atoms with Gasteiger partial charge in [0.2, 0.25) is 0 Å². The van der Waals surface area contributed by atoms with E-state index in [0.29, 0.717) is 21.4 Å². The van der Waals surface area contributed by atoms with E-state index in [-0.39, 0.29) is 0 Å². The molecule has 0 aliphatic heterocycles. The van der Waals surface area contributed by atoms with E-state index < -0.39 is 5.97 Å². The number of ether oxygens (including phenoxy) is 1. The quantitative estimate of drug-likeness (QED) is 0.597. The van der Waals surface area contributed by atoms with E-state index in [1.807, 2.05) is 19.1 Å². The van der Waals surface area contributed by atoms with Crippen molar-refractivity contribution in [1.82, 2.24) is 0 Å². The smallest absolute Gasteiger partial charge is 0.343 e. The number of halogens is 2. The van der Waals surface area contributed by atoms with Crippen LogP contribution in [0, 0.1) is 6.92 Å². The Kier molecular flexibility index (Phi) is 3.90. The summed E-state index contributed by atoms with van der Waals surface area (Å²) >= 11 is 11.6. The first-order chi connectivity index (χ1) is 8.54. The highest BCUT2D eigenvalue weighted by atomic mass is 35.5. The highest BCUT2D eigenvalue weighted by molar-refractivity contribution is 6.34. The molecule has 4 heteroatoms. The normalized spacial score (nSPS) is 10.2. The molecule has 18 heavy (non-hydrogen) atoms. The lowest BCUT2D eigenvalue weighted by Gasteiger charge is -2.05. The first kappa shape index (κ1) is 12.9. The minimum absolute atomic E-state index is 0.332. The summed E-state index contributed by atoms with van der Waals surface area (Å²) in [7, 11) is 0. The maximum Gasteiger partial charge on any atom is 0.343 e. The fourth-order valence-corrected chi connectivity index (χ4v) is 1.95. The van der Waals surface area contributed by atoms with Crippen LogP contribution in [-0.4, -0.2) is 5.97 Å². The molecule has 0 N–H and O–H groups in total. The Morgan fingerprint density at radius 1 is 1.00 bits per heavy atom. The number of benzene rings is 2. The molecule has 92 valence electrons. The topological polar surface area (TPSA) is 26.3 Å². The van der Waals surface area contributed by atoms with Gasteiger partial charge in [-0.25, -0.2) is 4.79 Å². The maximum atomic E-state index is 11.8. The molecule has 0 aliphatic carbocycles. The maximum absolute atomic E-state index is 11.8. The average Bonchev–Trinajstić information content (AvgIpc) is 2.28. The van der Waals surface area contributed by atoms with E-state index in [4.69, 9.17) is 27.9 Å². The molecule has 0 bridgehead atoms. The van der Waals surface area contributed by atoms with Crippen molar-refractivity contribution >= 4 is 29.2 Å². The van der Waals surface area contributed by atoms with Crippen molar-refractivity contribution in [3.63, 3.8) is 0 Å². The van der Waals surface area contributed by atoms with Crippen molar-refractivity contribution < 1.29 is 9.53 Å². The lowest BCUT2D eigenvalue weighted by atomic mass is 10.1. The number of carbonyl (C=O) groups excluding carboxylic acids is 1. The molecular weight excluding hydrogens is 271 g/mol. The largest absolute Gasteiger partial charge is 0.423 e. The lowest BCUT2D eigenvalue weighted by Crippen LogP contribution is -2.08. The Morgan fingerprint density at radius 3 is 2.11 bits per heavy atom. The Balaban J connectivity index is 2.18. The van der Waals surface area contributed by atoms with Crippen LogP contribution in [0.15, 0.2) is 42.5 Å². The van der Waals surface area contributed by atoms with E-state index in [1.54, 1.807) is 30.3 Å². The zero-order valence-electron chi connectivity index (χ0n) is 9.61. The summed E-state index contributed by atoms with van der Waals surface area (Å²) in [5.41, 5.74) is 1.56. The van der Waals surface area contributed by atoms with E-state index in [9.17, 15) is 4.79 Å². The first-order valence-electron chi connectivity index (χ1n) is 5.29. The van der Waals surface area contributed by atoms with E-state index in [1.165, 1.54) is 0 Å². The van der Waals surface area contributed by atoms with Gasteiger partial charge < -0.3 is 4.74 Å². The monoisotopic (exact) mass is 280 g/mol. The minimum atomic E-state index is -0.437. The van der Waals surface area contributed by atoms with E-state index in [2.05, 4.69) is 0 Å². The van der Waals surface area contributed by atoms with Gasteiger partial charge in [0.25, 0.3) is 0 Å². The van der Waals surface area contributed by atoms with Gasteiger partial charge in [0.1, 0.15) is 5.75 Å². The second kappa shape index (κ2) is 5.42. The van der Waals surface area contributed by atoms with Crippen LogP contribution in [0.5, 0.6) is 5.75 Å². The fourth-order valence-electron chi connectivity index (χ4n) is 1.44. The Hall–Kier alpha value is -1.51. The number of carbonyl (C=O) groups is 1. The van der Waals surface area contributed by atoms with Crippen molar-refractivity contribution in [2.45, 2.75) is 6.92 Å². The molecule has 2 aromatic rings. The third-order valence-corrected chi connectivity index (χ3v) is 2.77. The van der Waals surface area contributed by atoms with Crippen LogP contribution in [0.25, 0.3) is 0 Å². The summed E-state index contributed by atoms with van der Waals surface area (Å²) in [6, 6.07) is 11.8. The molecule has 0 amide bonds.